The number of likely N-dealkylation sites (N-methyl/N-ethyl adjacent to an activating group) is 2. The molecule has 684 valence electrons. The third-order valence-corrected chi connectivity index (χ3v) is 22.6. The van der Waals surface area contributed by atoms with E-state index in [9.17, 15) is 33.9 Å². The van der Waals surface area contributed by atoms with Crippen LogP contribution in [0.25, 0.3) is 21.5 Å². The molecule has 0 unspecified atom stereocenters. The largest absolute Gasteiger partial charge is 0.487 e. The number of hydrogen-bond donors (Lipinski definition) is 7. The van der Waals surface area contributed by atoms with Crippen LogP contribution in [0.4, 0.5) is 9.59 Å². The standard InChI is InChI=1S/C94H120N16O18/c1-54(105(18)88(122)127-93(12,13)14)78(111)99-76(90(3,4)5)84(117)107-50-66-46-74(107)82(115)95-70(44-58-28-34-60-24-20-22-26-62(60)40-58)80(113)97-72(86(119)120)42-56-30-36-68(37-31-56)124-52-64-48-110(103-101-64)67-47-75(108(51-67)85(118)77(91(6,7)8)100-79(112)55(2)106(19)89(123)128-94(15,16)17)83(116)96-71(45-59-29-35-61-25-21-23-27-63(61)41-59)81(114)98-73(87(121)126-92(9,10)11)43-57-32-38-69(39-33-57)125-53-65-49-109(66)104-102-65/h20-41,48-49,54-55,66-67,70-77H,42-47,50-53H2,1-19H3,(H,95,115)(H,96,116)(H,97,113)(H,98,114)(H,99,111)(H,100,112)(H,119,120)/t54-,55-,66-,67-,70-,71-,72-,73-,74-,75-,76+,77+/m0/s1. The molecule has 0 saturated carbocycles. The highest BCUT2D eigenvalue weighted by atomic mass is 16.6. The molecule has 6 aromatic carbocycles. The van der Waals surface area contributed by atoms with Gasteiger partial charge in [-0.05, 0) is 155 Å². The van der Waals surface area contributed by atoms with E-state index in [1.807, 2.05) is 78.9 Å². The molecule has 2 saturated heterocycles. The van der Waals surface area contributed by atoms with Crippen LogP contribution in [0.1, 0.15) is 176 Å². The Morgan fingerprint density at radius 3 is 1.20 bits per heavy atom. The zero-order chi connectivity index (χ0) is 93.4. The van der Waals surface area contributed by atoms with Crippen LogP contribution in [0.15, 0.2) is 146 Å². The molecule has 10 amide bonds. The molecule has 128 heavy (non-hydrogen) atoms. The molecule has 12 bridgehead atoms. The first kappa shape index (κ1) is 95.6. The van der Waals surface area contributed by atoms with Gasteiger partial charge in [0, 0.05) is 65.7 Å². The smallest absolute Gasteiger partial charge is 0.410 e. The minimum absolute atomic E-state index is 0.0999. The van der Waals surface area contributed by atoms with E-state index in [4.69, 9.17) is 23.7 Å². The van der Waals surface area contributed by atoms with Gasteiger partial charge in [0.15, 0.2) is 0 Å². The summed E-state index contributed by atoms with van der Waals surface area (Å²) >= 11 is 0. The van der Waals surface area contributed by atoms with Gasteiger partial charge in [-0.25, -0.2) is 28.5 Å². The van der Waals surface area contributed by atoms with Crippen molar-refractivity contribution in [1.82, 2.24) is 81.5 Å². The zero-order valence-corrected chi connectivity index (χ0v) is 76.2. The minimum Gasteiger partial charge on any atom is -0.487 e. The van der Waals surface area contributed by atoms with Crippen LogP contribution in [-0.4, -0.2) is 230 Å². The SMILES string of the molecule is C[C@@H](C(=O)N[C@H](C(=O)N1C[C@@H]2C[C@H]1C(=O)N[C@@H](Cc1ccc3ccccc3c1)C(=O)N[C@H](C(=O)O)Cc1ccc(cc1)OCc1cn(nn1)[C@H]1C[C@@H](C(=O)N[C@@H](Cc3ccc4ccccc4c3)C(=O)N[C@H](C(=O)OC(C)(C)C)Cc3ccc(cc3)OCc3cn2nn3)N(C(=O)[C@@H](NC(=O)[C@H](C)N(C)C(=O)OC(C)(C)C)C(C)(C)C)C1)C(C)(C)C)N(C)C(=O)OC(C)(C)C. The molecule has 0 aliphatic carbocycles. The lowest BCUT2D eigenvalue weighted by molar-refractivity contribution is -0.158. The predicted molar refractivity (Wildman–Crippen MR) is 474 cm³/mol. The van der Waals surface area contributed by atoms with Crippen molar-refractivity contribution in [2.24, 2.45) is 10.8 Å². The van der Waals surface area contributed by atoms with Crippen LogP contribution in [-0.2, 0) is 101 Å². The second kappa shape index (κ2) is 39.5. The van der Waals surface area contributed by atoms with E-state index < -0.39 is 172 Å². The number of nitrogens with zero attached hydrogens (tertiary/aromatic N) is 10. The van der Waals surface area contributed by atoms with Gasteiger partial charge in [0.05, 0.1) is 24.5 Å². The second-order valence-corrected chi connectivity index (χ2v) is 38.5. The molecule has 6 aliphatic rings. The average Bonchev–Trinajstić information content (AvgIpc) is 1.63. The highest BCUT2D eigenvalue weighted by Crippen LogP contribution is 2.35. The van der Waals surface area contributed by atoms with Crippen molar-refractivity contribution in [3.8, 4) is 11.5 Å². The van der Waals surface area contributed by atoms with E-state index in [2.05, 4.69) is 52.5 Å². The molecule has 0 spiro atoms. The summed E-state index contributed by atoms with van der Waals surface area (Å²) in [6, 6.07) is 24.3. The Morgan fingerprint density at radius 1 is 0.477 bits per heavy atom. The first-order valence-corrected chi connectivity index (χ1v) is 43.0. The normalized spacial score (nSPS) is 20.5. The van der Waals surface area contributed by atoms with Crippen molar-refractivity contribution in [2.75, 3.05) is 27.2 Å². The fourth-order valence-electron chi connectivity index (χ4n) is 15.3. The summed E-state index contributed by atoms with van der Waals surface area (Å²) in [5.74, 6) is -7.49. The van der Waals surface area contributed by atoms with E-state index in [0.29, 0.717) is 45.1 Å². The molecule has 34 nitrogen and oxygen atoms in total. The quantitative estimate of drug-likeness (QED) is 0.0394. The number of nitrogens with one attached hydrogen (secondary N) is 6. The van der Waals surface area contributed by atoms with Crippen molar-refractivity contribution < 1.29 is 86.3 Å². The lowest BCUT2D eigenvalue weighted by atomic mass is 9.85. The molecular weight excluding hydrogens is 1640 g/mol. The zero-order valence-electron chi connectivity index (χ0n) is 76.2. The fourth-order valence-corrected chi connectivity index (χ4v) is 15.3. The van der Waals surface area contributed by atoms with Gasteiger partial charge in [-0.3, -0.25) is 48.2 Å². The Hall–Kier alpha value is -13.0. The van der Waals surface area contributed by atoms with Crippen LogP contribution in [0.3, 0.4) is 0 Å². The van der Waals surface area contributed by atoms with Crippen LogP contribution in [0, 0.1) is 10.8 Å². The van der Waals surface area contributed by atoms with Gasteiger partial charge < -0.3 is 70.5 Å². The number of amides is 10. The molecule has 0 radical (unpaired) electrons. The molecule has 6 aliphatic heterocycles. The van der Waals surface area contributed by atoms with Crippen molar-refractivity contribution in [3.05, 3.63) is 179 Å². The first-order valence-electron chi connectivity index (χ1n) is 43.0. The number of likely N-dealkylation sites (tertiary alicyclic amines) is 2. The van der Waals surface area contributed by atoms with E-state index in [1.165, 1.54) is 47.1 Å². The molecule has 34 heteroatoms. The van der Waals surface area contributed by atoms with E-state index in [0.717, 1.165) is 31.3 Å². The summed E-state index contributed by atoms with van der Waals surface area (Å²) in [7, 11) is 2.80. The summed E-state index contributed by atoms with van der Waals surface area (Å²) in [4.78, 5) is 181. The maximum absolute atomic E-state index is 15.7. The number of aromatic nitrogens is 6. The number of hydrogen-bond acceptors (Lipinski definition) is 21. The average molecular weight is 1760 g/mol. The summed E-state index contributed by atoms with van der Waals surface area (Å²) in [5, 5.41) is 49.5. The molecule has 8 aromatic rings. The third kappa shape index (κ3) is 25.0. The highest BCUT2D eigenvalue weighted by Gasteiger charge is 2.50. The molecule has 2 fully saturated rings. The molecule has 2 aromatic heterocycles. The monoisotopic (exact) mass is 1760 g/mol. The summed E-state index contributed by atoms with van der Waals surface area (Å²) in [6.45, 7) is 27.9. The number of carboxylic acids is 1. The fraction of sp³-hybridized carbons (Fsp3) is 0.489. The van der Waals surface area contributed by atoms with Crippen LogP contribution in [0.5, 0.6) is 11.5 Å². The number of fused-ring (bicyclic) bond motifs is 2. The predicted octanol–water partition coefficient (Wildman–Crippen LogP) is 8.84. The Kier molecular flexibility index (Phi) is 29.5. The van der Waals surface area contributed by atoms with Crippen molar-refractivity contribution in [3.63, 3.8) is 0 Å². The van der Waals surface area contributed by atoms with Gasteiger partial charge in [0.25, 0.3) is 0 Å². The number of aliphatic carboxylic acids is 1. The highest BCUT2D eigenvalue weighted by molar-refractivity contribution is 5.99. The number of rotatable bonds is 14. The molecule has 12 atom stereocenters. The molecule has 14 rings (SSSR count). The number of carbonyl (C=O) groups is 12. The van der Waals surface area contributed by atoms with Gasteiger partial charge in [-0.1, -0.05) is 161 Å². The Labute approximate surface area is 744 Å². The molecule has 8 heterocycles. The number of ether oxygens (including phenoxy) is 5. The van der Waals surface area contributed by atoms with Crippen LogP contribution >= 0.6 is 0 Å². The summed E-state index contributed by atoms with van der Waals surface area (Å²) in [5.41, 5.74) is -2.06. The third-order valence-electron chi connectivity index (χ3n) is 22.6. The Morgan fingerprint density at radius 2 is 0.836 bits per heavy atom. The lowest BCUT2D eigenvalue weighted by Crippen LogP contribution is -2.61. The second-order valence-electron chi connectivity index (χ2n) is 38.5. The molecular formula is C94H120N16O18. The number of esters is 1. The van der Waals surface area contributed by atoms with Gasteiger partial charge in [-0.15, -0.1) is 10.2 Å². The first-order chi connectivity index (χ1) is 60.0. The van der Waals surface area contributed by atoms with Gasteiger partial charge in [0.2, 0.25) is 47.3 Å². The van der Waals surface area contributed by atoms with Gasteiger partial charge in [0.1, 0.15) is 113 Å². The van der Waals surface area contributed by atoms with Crippen molar-refractivity contribution in [1.29, 1.82) is 0 Å². The lowest BCUT2D eigenvalue weighted by Gasteiger charge is -2.37. The topological polar surface area (TPSA) is 418 Å². The minimum atomic E-state index is -1.57. The van der Waals surface area contributed by atoms with Crippen molar-refractivity contribution >= 4 is 92.9 Å². The van der Waals surface area contributed by atoms with E-state index in [-0.39, 0.29) is 64.8 Å². The maximum Gasteiger partial charge on any atom is 0.410 e. The van der Waals surface area contributed by atoms with Crippen LogP contribution in [0.2, 0.25) is 0 Å². The Balaban J connectivity index is 0.944. The summed E-state index contributed by atoms with van der Waals surface area (Å²) < 4.78 is 32.6. The summed E-state index contributed by atoms with van der Waals surface area (Å²) in [6.07, 6.45) is 0.773. The Bertz CT molecular complexity index is 5410. The number of carboxylic acid groups (broad SMARTS) is 1. The van der Waals surface area contributed by atoms with E-state index in [1.54, 1.807) is 171 Å². The molecule has 7 N–H and O–H groups in total. The van der Waals surface area contributed by atoms with Crippen LogP contribution < -0.4 is 41.4 Å². The maximum atomic E-state index is 15.7. The number of benzene rings is 6. The van der Waals surface area contributed by atoms with Gasteiger partial charge in [-0.2, -0.15) is 0 Å². The van der Waals surface area contributed by atoms with Gasteiger partial charge >= 0.3 is 24.1 Å². The number of carbonyl (C=O) groups excluding carboxylic acids is 11. The van der Waals surface area contributed by atoms with Crippen molar-refractivity contribution in [2.45, 2.75) is 259 Å². The van der Waals surface area contributed by atoms with E-state index >= 15 is 28.8 Å².